The molecule has 4 rings (SSSR count). The molecule has 2 aliphatic rings. The zero-order chi connectivity index (χ0) is 13.7. The summed E-state index contributed by atoms with van der Waals surface area (Å²) in [6.45, 7) is 0. The van der Waals surface area contributed by atoms with Crippen molar-refractivity contribution < 1.29 is 8.42 Å². The number of benzene rings is 1. The van der Waals surface area contributed by atoms with Gasteiger partial charge in [-0.25, -0.2) is 13.4 Å². The lowest BCUT2D eigenvalue weighted by Crippen LogP contribution is -2.29. The zero-order valence-corrected chi connectivity index (χ0v) is 11.9. The van der Waals surface area contributed by atoms with E-state index < -0.39 is 9.84 Å². The Balaban J connectivity index is 1.76. The maximum Gasteiger partial charge on any atom is 0.150 e. The fourth-order valence-corrected chi connectivity index (χ4v) is 5.11. The second kappa shape index (κ2) is 4.19. The van der Waals surface area contributed by atoms with Crippen molar-refractivity contribution in [3.63, 3.8) is 0 Å². The number of fused-ring (bicyclic) bond motifs is 3. The second-order valence-corrected chi connectivity index (χ2v) is 8.01. The molecule has 0 spiro atoms. The molecule has 3 heterocycles. The fourth-order valence-electron chi connectivity index (χ4n) is 3.58. The number of nitrogens with zero attached hydrogens (tertiary/aromatic N) is 2. The van der Waals surface area contributed by atoms with Crippen LogP contribution in [0.2, 0.25) is 0 Å². The first-order valence-corrected chi connectivity index (χ1v) is 8.79. The highest BCUT2D eigenvalue weighted by atomic mass is 32.2. The van der Waals surface area contributed by atoms with Crippen molar-refractivity contribution in [3.05, 3.63) is 42.4 Å². The first kappa shape index (κ1) is 12.1. The lowest BCUT2D eigenvalue weighted by molar-refractivity contribution is 0.357. The maximum absolute atomic E-state index is 11.6. The number of hydrogen-bond acceptors (Lipinski definition) is 3. The van der Waals surface area contributed by atoms with Crippen LogP contribution in [-0.2, 0) is 9.84 Å². The summed E-state index contributed by atoms with van der Waals surface area (Å²) in [4.78, 5) is 4.26. The van der Waals surface area contributed by atoms with Crippen LogP contribution in [0.15, 0.2) is 36.8 Å². The van der Waals surface area contributed by atoms with Gasteiger partial charge in [-0.3, -0.25) is 0 Å². The molecule has 104 valence electrons. The average Bonchev–Trinajstić information content (AvgIpc) is 3.00. The molecule has 0 bridgehead atoms. The first-order valence-electron chi connectivity index (χ1n) is 6.97. The van der Waals surface area contributed by atoms with Crippen LogP contribution in [0.1, 0.15) is 24.4 Å². The Bertz CT molecular complexity index is 750. The van der Waals surface area contributed by atoms with Gasteiger partial charge < -0.3 is 4.57 Å². The molecule has 1 aromatic carbocycles. The topological polar surface area (TPSA) is 52.0 Å². The molecule has 0 saturated carbocycles. The minimum absolute atomic E-state index is 0.249. The van der Waals surface area contributed by atoms with Gasteiger partial charge in [0.2, 0.25) is 0 Å². The number of sulfone groups is 1. The molecule has 4 nitrogen and oxygen atoms in total. The van der Waals surface area contributed by atoms with Gasteiger partial charge in [-0.1, -0.05) is 24.3 Å². The van der Waals surface area contributed by atoms with Crippen molar-refractivity contribution in [1.29, 1.82) is 0 Å². The highest BCUT2D eigenvalue weighted by molar-refractivity contribution is 7.91. The van der Waals surface area contributed by atoms with Crippen molar-refractivity contribution in [2.24, 2.45) is 5.92 Å². The number of aromatic nitrogens is 2. The summed E-state index contributed by atoms with van der Waals surface area (Å²) < 4.78 is 25.5. The standard InChI is InChI=1S/C15H16N2O2S/c18-20(19)7-5-11(6-8-20)15-13-4-2-1-3-12(13)14-9-16-10-17(14)15/h1-4,9-11,15H,5-8H2. The van der Waals surface area contributed by atoms with Crippen LogP contribution < -0.4 is 0 Å². The third-order valence-corrected chi connectivity index (χ3v) is 6.28. The van der Waals surface area contributed by atoms with Gasteiger partial charge in [0.1, 0.15) is 9.84 Å². The highest BCUT2D eigenvalue weighted by Crippen LogP contribution is 2.45. The van der Waals surface area contributed by atoms with Crippen LogP contribution in [0, 0.1) is 5.92 Å². The lowest BCUT2D eigenvalue weighted by Gasteiger charge is -2.29. The van der Waals surface area contributed by atoms with Crippen molar-refractivity contribution in [3.8, 4) is 11.3 Å². The molecular formula is C15H16N2O2S. The second-order valence-electron chi connectivity index (χ2n) is 5.71. The van der Waals surface area contributed by atoms with E-state index in [4.69, 9.17) is 0 Å². The summed E-state index contributed by atoms with van der Waals surface area (Å²) in [6.07, 6.45) is 5.28. The third kappa shape index (κ3) is 1.73. The fraction of sp³-hybridized carbons (Fsp3) is 0.400. The molecule has 20 heavy (non-hydrogen) atoms. The molecule has 0 radical (unpaired) electrons. The minimum Gasteiger partial charge on any atom is -0.323 e. The van der Waals surface area contributed by atoms with Crippen molar-refractivity contribution in [2.45, 2.75) is 18.9 Å². The van der Waals surface area contributed by atoms with Crippen molar-refractivity contribution in [1.82, 2.24) is 9.55 Å². The molecule has 2 aromatic rings. The largest absolute Gasteiger partial charge is 0.323 e. The van der Waals surface area contributed by atoms with Crippen LogP contribution in [-0.4, -0.2) is 29.5 Å². The SMILES string of the molecule is O=S1(=O)CCC(C2c3ccccc3-c3cncn32)CC1. The van der Waals surface area contributed by atoms with Crippen molar-refractivity contribution in [2.75, 3.05) is 11.5 Å². The van der Waals surface area contributed by atoms with E-state index >= 15 is 0 Å². The van der Waals surface area contributed by atoms with E-state index in [9.17, 15) is 8.42 Å². The zero-order valence-electron chi connectivity index (χ0n) is 11.1. The van der Waals surface area contributed by atoms with Crippen LogP contribution in [0.3, 0.4) is 0 Å². The van der Waals surface area contributed by atoms with E-state index in [0.29, 0.717) is 17.4 Å². The molecule has 1 unspecified atom stereocenters. The van der Waals surface area contributed by atoms with Gasteiger partial charge in [0.25, 0.3) is 0 Å². The number of imidazole rings is 1. The van der Waals surface area contributed by atoms with E-state index in [2.05, 4.69) is 27.8 Å². The maximum atomic E-state index is 11.6. The minimum atomic E-state index is -2.81. The molecular weight excluding hydrogens is 272 g/mol. The van der Waals surface area contributed by atoms with Crippen LogP contribution >= 0.6 is 0 Å². The lowest BCUT2D eigenvalue weighted by atomic mass is 9.88. The normalized spacial score (nSPS) is 24.3. The Morgan fingerprint density at radius 1 is 1.15 bits per heavy atom. The molecule has 1 fully saturated rings. The molecule has 2 aliphatic heterocycles. The molecule has 0 N–H and O–H groups in total. The van der Waals surface area contributed by atoms with E-state index in [-0.39, 0.29) is 6.04 Å². The number of rotatable bonds is 1. The van der Waals surface area contributed by atoms with Gasteiger partial charge in [0.15, 0.2) is 0 Å². The number of hydrogen-bond donors (Lipinski definition) is 0. The molecule has 0 amide bonds. The predicted octanol–water partition coefficient (Wildman–Crippen LogP) is 2.28. The average molecular weight is 288 g/mol. The Kier molecular flexibility index (Phi) is 2.54. The van der Waals surface area contributed by atoms with Gasteiger partial charge >= 0.3 is 0 Å². The summed E-state index contributed by atoms with van der Waals surface area (Å²) in [5.74, 6) is 1.02. The van der Waals surface area contributed by atoms with Gasteiger partial charge in [-0.2, -0.15) is 0 Å². The molecule has 1 atom stereocenters. The van der Waals surface area contributed by atoms with E-state index in [1.807, 2.05) is 18.6 Å². The molecule has 5 heteroatoms. The van der Waals surface area contributed by atoms with Gasteiger partial charge in [0, 0.05) is 5.56 Å². The highest BCUT2D eigenvalue weighted by Gasteiger charge is 2.37. The summed E-state index contributed by atoms with van der Waals surface area (Å²) in [7, 11) is -2.81. The van der Waals surface area contributed by atoms with Gasteiger partial charge in [0.05, 0.1) is 35.8 Å². The Hall–Kier alpha value is -1.62. The van der Waals surface area contributed by atoms with Crippen molar-refractivity contribution >= 4 is 9.84 Å². The van der Waals surface area contributed by atoms with Crippen LogP contribution in [0.25, 0.3) is 11.3 Å². The van der Waals surface area contributed by atoms with E-state index in [0.717, 1.165) is 18.5 Å². The van der Waals surface area contributed by atoms with Crippen LogP contribution in [0.4, 0.5) is 0 Å². The van der Waals surface area contributed by atoms with E-state index in [1.165, 1.54) is 11.1 Å². The summed E-state index contributed by atoms with van der Waals surface area (Å²) in [6, 6.07) is 8.65. The molecule has 1 saturated heterocycles. The first-order chi connectivity index (χ1) is 9.66. The predicted molar refractivity (Wildman–Crippen MR) is 77.2 cm³/mol. The van der Waals surface area contributed by atoms with Crippen LogP contribution in [0.5, 0.6) is 0 Å². The summed E-state index contributed by atoms with van der Waals surface area (Å²) >= 11 is 0. The Morgan fingerprint density at radius 3 is 2.70 bits per heavy atom. The monoisotopic (exact) mass is 288 g/mol. The summed E-state index contributed by atoms with van der Waals surface area (Å²) in [5.41, 5.74) is 3.71. The molecule has 0 aliphatic carbocycles. The van der Waals surface area contributed by atoms with Gasteiger partial charge in [-0.15, -0.1) is 0 Å². The Morgan fingerprint density at radius 2 is 1.90 bits per heavy atom. The quantitative estimate of drug-likeness (QED) is 0.809. The smallest absolute Gasteiger partial charge is 0.150 e. The Labute approximate surface area is 118 Å². The molecule has 1 aromatic heterocycles. The summed E-state index contributed by atoms with van der Waals surface area (Å²) in [5, 5.41) is 0. The van der Waals surface area contributed by atoms with E-state index in [1.54, 1.807) is 0 Å². The third-order valence-electron chi connectivity index (χ3n) is 4.57. The van der Waals surface area contributed by atoms with Gasteiger partial charge in [-0.05, 0) is 24.3 Å².